The number of fused-ring (bicyclic) bond motifs is 1. The monoisotopic (exact) mass is 361 g/mol. The van der Waals surface area contributed by atoms with Crippen molar-refractivity contribution in [3.63, 3.8) is 0 Å². The van der Waals surface area contributed by atoms with Crippen molar-refractivity contribution in [2.24, 2.45) is 23.7 Å². The SMILES string of the molecule is COC(=O)c1ccc(N2CC3C(C)CC(/C=C/c4ccccc4)C3C2)cc1. The highest BCUT2D eigenvalue weighted by Crippen LogP contribution is 2.47. The normalized spacial score (nSPS) is 27.1. The molecule has 1 heterocycles. The first-order chi connectivity index (χ1) is 13.2. The standard InChI is InChI=1S/C24H27NO2/c1-17-14-20(9-8-18-6-4-3-5-7-18)23-16-25(15-22(17)23)21-12-10-19(11-13-21)24(26)27-2/h3-13,17,20,22-23H,14-16H2,1-2H3/b9-8+. The van der Waals surface area contributed by atoms with Crippen LogP contribution in [0.3, 0.4) is 0 Å². The van der Waals surface area contributed by atoms with Crippen LogP contribution in [0.5, 0.6) is 0 Å². The van der Waals surface area contributed by atoms with Gasteiger partial charge < -0.3 is 9.64 Å². The van der Waals surface area contributed by atoms with E-state index < -0.39 is 0 Å². The molecule has 27 heavy (non-hydrogen) atoms. The second-order valence-electron chi connectivity index (χ2n) is 7.92. The summed E-state index contributed by atoms with van der Waals surface area (Å²) in [6.45, 7) is 4.60. The third-order valence-corrected chi connectivity index (χ3v) is 6.33. The van der Waals surface area contributed by atoms with Gasteiger partial charge in [0.1, 0.15) is 0 Å². The van der Waals surface area contributed by atoms with E-state index in [0.717, 1.165) is 24.9 Å². The predicted molar refractivity (Wildman–Crippen MR) is 110 cm³/mol. The molecule has 1 aliphatic carbocycles. The molecule has 140 valence electrons. The summed E-state index contributed by atoms with van der Waals surface area (Å²) in [6.07, 6.45) is 6.00. The molecule has 2 aromatic carbocycles. The molecule has 3 nitrogen and oxygen atoms in total. The summed E-state index contributed by atoms with van der Waals surface area (Å²) >= 11 is 0. The van der Waals surface area contributed by atoms with E-state index in [2.05, 4.69) is 54.3 Å². The summed E-state index contributed by atoms with van der Waals surface area (Å²) in [5.41, 5.74) is 3.09. The van der Waals surface area contributed by atoms with Crippen molar-refractivity contribution in [3.05, 3.63) is 71.8 Å². The molecule has 0 spiro atoms. The minimum absolute atomic E-state index is 0.278. The van der Waals surface area contributed by atoms with Crippen LogP contribution in [-0.4, -0.2) is 26.2 Å². The maximum absolute atomic E-state index is 11.6. The summed E-state index contributed by atoms with van der Waals surface area (Å²) in [6, 6.07) is 18.4. The van der Waals surface area contributed by atoms with Gasteiger partial charge in [-0.25, -0.2) is 4.79 Å². The third-order valence-electron chi connectivity index (χ3n) is 6.33. The van der Waals surface area contributed by atoms with Crippen molar-refractivity contribution in [2.45, 2.75) is 13.3 Å². The summed E-state index contributed by atoms with van der Waals surface area (Å²) < 4.78 is 4.79. The third kappa shape index (κ3) is 3.64. The maximum atomic E-state index is 11.6. The smallest absolute Gasteiger partial charge is 0.337 e. The lowest BCUT2D eigenvalue weighted by atomic mass is 9.90. The summed E-state index contributed by atoms with van der Waals surface area (Å²) in [4.78, 5) is 14.1. The molecule has 1 saturated carbocycles. The van der Waals surface area contributed by atoms with Crippen molar-refractivity contribution in [1.29, 1.82) is 0 Å². The van der Waals surface area contributed by atoms with Gasteiger partial charge in [-0.1, -0.05) is 49.4 Å². The number of ether oxygens (including phenoxy) is 1. The second kappa shape index (κ2) is 7.59. The van der Waals surface area contributed by atoms with Gasteiger partial charge in [-0.15, -0.1) is 0 Å². The Morgan fingerprint density at radius 1 is 1.04 bits per heavy atom. The Bertz CT molecular complexity index is 812. The van der Waals surface area contributed by atoms with E-state index in [9.17, 15) is 4.79 Å². The zero-order valence-electron chi connectivity index (χ0n) is 16.0. The molecule has 2 aromatic rings. The molecular weight excluding hydrogens is 334 g/mol. The van der Waals surface area contributed by atoms with Crippen molar-refractivity contribution >= 4 is 17.7 Å². The van der Waals surface area contributed by atoms with E-state index in [1.54, 1.807) is 0 Å². The fraction of sp³-hybridized carbons (Fsp3) is 0.375. The van der Waals surface area contributed by atoms with Gasteiger partial charge in [0.15, 0.2) is 0 Å². The Morgan fingerprint density at radius 3 is 2.44 bits per heavy atom. The van der Waals surface area contributed by atoms with E-state index in [1.807, 2.05) is 24.3 Å². The molecule has 0 bridgehead atoms. The minimum atomic E-state index is -0.278. The number of carbonyl (C=O) groups excluding carboxylic acids is 1. The van der Waals surface area contributed by atoms with Gasteiger partial charge in [0.25, 0.3) is 0 Å². The largest absolute Gasteiger partial charge is 0.465 e. The van der Waals surface area contributed by atoms with Crippen molar-refractivity contribution < 1.29 is 9.53 Å². The summed E-state index contributed by atoms with van der Waals surface area (Å²) in [5.74, 6) is 2.57. The highest BCUT2D eigenvalue weighted by atomic mass is 16.5. The van der Waals surface area contributed by atoms with Crippen LogP contribution >= 0.6 is 0 Å². The van der Waals surface area contributed by atoms with E-state index in [0.29, 0.717) is 17.4 Å². The number of anilines is 1. The van der Waals surface area contributed by atoms with Gasteiger partial charge >= 0.3 is 5.97 Å². The molecule has 4 rings (SSSR count). The van der Waals surface area contributed by atoms with Crippen molar-refractivity contribution in [2.75, 3.05) is 25.1 Å². The van der Waals surface area contributed by atoms with Crippen LogP contribution in [0, 0.1) is 23.7 Å². The Labute approximate surface area is 161 Å². The topological polar surface area (TPSA) is 29.5 Å². The predicted octanol–water partition coefficient (Wildman–Crippen LogP) is 4.90. The van der Waals surface area contributed by atoms with Crippen LogP contribution in [0.2, 0.25) is 0 Å². The first-order valence-corrected chi connectivity index (χ1v) is 9.82. The number of benzene rings is 2. The van der Waals surface area contributed by atoms with Gasteiger partial charge in [0.2, 0.25) is 0 Å². The van der Waals surface area contributed by atoms with Gasteiger partial charge in [0, 0.05) is 18.8 Å². The number of hydrogen-bond donors (Lipinski definition) is 0. The lowest BCUT2D eigenvalue weighted by Gasteiger charge is -2.22. The van der Waals surface area contributed by atoms with E-state index in [1.165, 1.54) is 24.8 Å². The van der Waals surface area contributed by atoms with Gasteiger partial charge in [-0.3, -0.25) is 0 Å². The lowest BCUT2D eigenvalue weighted by Crippen LogP contribution is -2.23. The second-order valence-corrected chi connectivity index (χ2v) is 7.92. The van der Waals surface area contributed by atoms with Crippen LogP contribution in [0.25, 0.3) is 6.08 Å². The zero-order chi connectivity index (χ0) is 18.8. The Morgan fingerprint density at radius 2 is 1.74 bits per heavy atom. The number of rotatable bonds is 4. The highest BCUT2D eigenvalue weighted by molar-refractivity contribution is 5.89. The van der Waals surface area contributed by atoms with Crippen LogP contribution in [-0.2, 0) is 4.74 Å². The highest BCUT2D eigenvalue weighted by Gasteiger charge is 2.45. The number of hydrogen-bond acceptors (Lipinski definition) is 3. The molecule has 1 aliphatic heterocycles. The molecule has 2 aliphatic rings. The first-order valence-electron chi connectivity index (χ1n) is 9.82. The van der Waals surface area contributed by atoms with Crippen molar-refractivity contribution in [3.8, 4) is 0 Å². The maximum Gasteiger partial charge on any atom is 0.337 e. The first kappa shape index (κ1) is 17.8. The van der Waals surface area contributed by atoms with Crippen LogP contribution in [0.4, 0.5) is 5.69 Å². The van der Waals surface area contributed by atoms with E-state index in [-0.39, 0.29) is 5.97 Å². The molecule has 0 radical (unpaired) electrons. The number of esters is 1. The Balaban J connectivity index is 1.46. The molecule has 2 fully saturated rings. The van der Waals surface area contributed by atoms with E-state index >= 15 is 0 Å². The molecule has 4 atom stereocenters. The molecular formula is C24H27NO2. The van der Waals surface area contributed by atoms with Crippen LogP contribution < -0.4 is 4.90 Å². The molecule has 0 aromatic heterocycles. The summed E-state index contributed by atoms with van der Waals surface area (Å²) in [7, 11) is 1.42. The van der Waals surface area contributed by atoms with Gasteiger partial charge in [0.05, 0.1) is 12.7 Å². The fourth-order valence-corrected chi connectivity index (χ4v) is 4.85. The minimum Gasteiger partial charge on any atom is -0.465 e. The molecule has 0 amide bonds. The number of methoxy groups -OCH3 is 1. The molecule has 1 saturated heterocycles. The van der Waals surface area contributed by atoms with Crippen LogP contribution in [0.1, 0.15) is 29.3 Å². The number of nitrogens with zero attached hydrogens (tertiary/aromatic N) is 1. The summed E-state index contributed by atoms with van der Waals surface area (Å²) in [5, 5.41) is 0. The quantitative estimate of drug-likeness (QED) is 0.726. The van der Waals surface area contributed by atoms with Gasteiger partial charge in [-0.2, -0.15) is 0 Å². The fourth-order valence-electron chi connectivity index (χ4n) is 4.85. The van der Waals surface area contributed by atoms with Gasteiger partial charge in [-0.05, 0) is 59.9 Å². The number of carbonyl (C=O) groups is 1. The average molecular weight is 361 g/mol. The molecule has 3 heteroatoms. The molecule has 4 unspecified atom stereocenters. The number of allylic oxidation sites excluding steroid dienone is 1. The van der Waals surface area contributed by atoms with Crippen LogP contribution in [0.15, 0.2) is 60.7 Å². The van der Waals surface area contributed by atoms with E-state index in [4.69, 9.17) is 4.74 Å². The lowest BCUT2D eigenvalue weighted by molar-refractivity contribution is 0.0601. The molecule has 0 N–H and O–H groups in total. The van der Waals surface area contributed by atoms with Crippen molar-refractivity contribution in [1.82, 2.24) is 0 Å². The average Bonchev–Trinajstić information content (AvgIpc) is 3.27. The Kier molecular flexibility index (Phi) is 5.02. The Hall–Kier alpha value is -2.55. The zero-order valence-corrected chi connectivity index (χ0v) is 16.0.